The maximum Gasteiger partial charge on any atom is 0.255 e. The lowest BCUT2D eigenvalue weighted by molar-refractivity contribution is -0.137. The number of hydrogen-bond acceptors (Lipinski definition) is 6. The molecule has 0 aromatic heterocycles. The maximum absolute atomic E-state index is 13.0. The van der Waals surface area contributed by atoms with Gasteiger partial charge in [0.2, 0.25) is 17.7 Å². The summed E-state index contributed by atoms with van der Waals surface area (Å²) >= 11 is 0. The summed E-state index contributed by atoms with van der Waals surface area (Å²) in [7, 11) is 0. The number of nitrogens with zero attached hydrogens (tertiary/aromatic N) is 2. The van der Waals surface area contributed by atoms with E-state index < -0.39 is 17.4 Å². The number of nitrogens with two attached hydrogens (primary N) is 1. The number of carbonyl (C=O) groups excluding carboxylic acids is 4. The molecule has 1 aromatic rings. The number of piperidine rings is 2. The van der Waals surface area contributed by atoms with E-state index in [2.05, 4.69) is 15.5 Å². The average Bonchev–Trinajstić information content (AvgIpc) is 3.27. The third-order valence-corrected chi connectivity index (χ3v) is 7.44. The molecule has 4 aliphatic heterocycles. The minimum absolute atomic E-state index is 0.167. The first-order valence-electron chi connectivity index (χ1n) is 10.9. The van der Waals surface area contributed by atoms with E-state index in [1.54, 1.807) is 11.0 Å². The molecule has 0 spiro atoms. The summed E-state index contributed by atoms with van der Waals surface area (Å²) in [6, 6.07) is 5.06. The fourth-order valence-corrected chi connectivity index (χ4v) is 5.76. The van der Waals surface area contributed by atoms with Crippen LogP contribution in [-0.4, -0.2) is 65.6 Å². The van der Waals surface area contributed by atoms with Gasteiger partial charge in [0.15, 0.2) is 0 Å². The first kappa shape index (κ1) is 20.1. The molecule has 1 aromatic carbocycles. The minimum Gasteiger partial charge on any atom is -0.369 e. The first-order valence-corrected chi connectivity index (χ1v) is 10.9. The summed E-state index contributed by atoms with van der Waals surface area (Å²) in [6.45, 7) is 3.90. The maximum atomic E-state index is 13.0. The van der Waals surface area contributed by atoms with Crippen LogP contribution in [-0.2, 0) is 27.5 Å². The van der Waals surface area contributed by atoms with Gasteiger partial charge in [0.1, 0.15) is 6.04 Å². The van der Waals surface area contributed by atoms with Crippen molar-refractivity contribution in [3.05, 3.63) is 34.9 Å². The number of rotatable bonds is 4. The van der Waals surface area contributed by atoms with Crippen molar-refractivity contribution in [2.24, 2.45) is 17.1 Å². The number of imide groups is 1. The molecule has 9 heteroatoms. The van der Waals surface area contributed by atoms with Gasteiger partial charge in [0.25, 0.3) is 5.91 Å². The van der Waals surface area contributed by atoms with E-state index in [1.807, 2.05) is 12.1 Å². The van der Waals surface area contributed by atoms with Crippen LogP contribution in [0.1, 0.15) is 40.7 Å². The quantitative estimate of drug-likeness (QED) is 0.551. The minimum atomic E-state index is -0.621. The molecule has 0 radical (unpaired) electrons. The number of nitrogens with one attached hydrogen (secondary N) is 2. The van der Waals surface area contributed by atoms with Crippen molar-refractivity contribution >= 4 is 23.6 Å². The van der Waals surface area contributed by atoms with Crippen molar-refractivity contribution in [3.8, 4) is 0 Å². The topological polar surface area (TPSA) is 125 Å². The second-order valence-electron chi connectivity index (χ2n) is 9.20. The summed E-state index contributed by atoms with van der Waals surface area (Å²) in [5.41, 5.74) is 7.85. The molecule has 164 valence electrons. The molecule has 3 unspecified atom stereocenters. The van der Waals surface area contributed by atoms with Gasteiger partial charge in [-0.05, 0) is 42.5 Å². The van der Waals surface area contributed by atoms with Gasteiger partial charge in [-0.25, -0.2) is 0 Å². The van der Waals surface area contributed by atoms with Crippen LogP contribution in [0.25, 0.3) is 0 Å². The van der Waals surface area contributed by atoms with Crippen LogP contribution in [0.2, 0.25) is 0 Å². The smallest absolute Gasteiger partial charge is 0.255 e. The first-order chi connectivity index (χ1) is 14.9. The lowest BCUT2D eigenvalue weighted by Gasteiger charge is -2.36. The molecule has 0 bridgehead atoms. The normalized spacial score (nSPS) is 30.8. The van der Waals surface area contributed by atoms with Crippen molar-refractivity contribution < 1.29 is 19.2 Å². The Bertz CT molecular complexity index is 979. The van der Waals surface area contributed by atoms with Crippen LogP contribution >= 0.6 is 0 Å². The molecule has 3 saturated heterocycles. The molecular formula is C22H27N5O4. The lowest BCUT2D eigenvalue weighted by atomic mass is 9.73. The summed E-state index contributed by atoms with van der Waals surface area (Å²) in [5.74, 6) is -0.869. The number of hydrogen-bond donors (Lipinski definition) is 3. The fraction of sp³-hybridized carbons (Fsp3) is 0.545. The predicted octanol–water partition coefficient (Wildman–Crippen LogP) is -0.656. The molecule has 4 N–H and O–H groups in total. The second-order valence-corrected chi connectivity index (χ2v) is 9.20. The molecule has 3 atom stereocenters. The van der Waals surface area contributed by atoms with E-state index in [4.69, 9.17) is 5.73 Å². The third kappa shape index (κ3) is 3.23. The molecule has 5 rings (SSSR count). The van der Waals surface area contributed by atoms with Crippen LogP contribution in [0.4, 0.5) is 0 Å². The van der Waals surface area contributed by atoms with Crippen molar-refractivity contribution in [3.63, 3.8) is 0 Å². The van der Waals surface area contributed by atoms with Crippen molar-refractivity contribution in [2.75, 3.05) is 26.2 Å². The number of benzene rings is 1. The molecule has 4 heterocycles. The van der Waals surface area contributed by atoms with Crippen LogP contribution in [0.5, 0.6) is 0 Å². The zero-order valence-corrected chi connectivity index (χ0v) is 17.4. The van der Waals surface area contributed by atoms with Gasteiger partial charge in [-0.1, -0.05) is 12.1 Å². The van der Waals surface area contributed by atoms with Gasteiger partial charge in [-0.3, -0.25) is 29.4 Å². The zero-order valence-electron chi connectivity index (χ0n) is 17.4. The van der Waals surface area contributed by atoms with E-state index in [0.717, 1.165) is 30.6 Å². The van der Waals surface area contributed by atoms with E-state index in [1.165, 1.54) is 0 Å². The molecule has 0 aliphatic carbocycles. The Kier molecular flexibility index (Phi) is 4.82. The third-order valence-electron chi connectivity index (χ3n) is 7.44. The second kappa shape index (κ2) is 7.42. The number of likely N-dealkylation sites (tertiary alicyclic amines) is 1. The standard InChI is InChI=1S/C22H27N5O4/c23-21(31)22-11-24-7-6-14(22)9-26(12-22)8-13-2-1-3-15-16(13)10-27(20(15)30)17-4-5-18(28)25-19(17)29/h1-3,14,17,24H,4-12H2,(H2,23,31)(H,25,28,29). The highest BCUT2D eigenvalue weighted by Gasteiger charge is 2.52. The summed E-state index contributed by atoms with van der Waals surface area (Å²) in [4.78, 5) is 53.0. The predicted molar refractivity (Wildman–Crippen MR) is 110 cm³/mol. The van der Waals surface area contributed by atoms with Crippen LogP contribution in [0.3, 0.4) is 0 Å². The van der Waals surface area contributed by atoms with Crippen LogP contribution in [0.15, 0.2) is 18.2 Å². The number of fused-ring (bicyclic) bond motifs is 2. The molecule has 31 heavy (non-hydrogen) atoms. The zero-order chi connectivity index (χ0) is 21.8. The molecule has 4 aliphatic rings. The Morgan fingerprint density at radius 2 is 2.06 bits per heavy atom. The molecular weight excluding hydrogens is 398 g/mol. The Morgan fingerprint density at radius 1 is 1.23 bits per heavy atom. The van der Waals surface area contributed by atoms with Crippen LogP contribution in [0, 0.1) is 11.3 Å². The fourth-order valence-electron chi connectivity index (χ4n) is 5.76. The van der Waals surface area contributed by atoms with E-state index in [-0.39, 0.29) is 30.1 Å². The van der Waals surface area contributed by atoms with E-state index >= 15 is 0 Å². The van der Waals surface area contributed by atoms with Crippen molar-refractivity contribution in [1.29, 1.82) is 0 Å². The van der Waals surface area contributed by atoms with Gasteiger partial charge < -0.3 is 16.0 Å². The number of amides is 4. The van der Waals surface area contributed by atoms with Gasteiger partial charge in [0, 0.05) is 44.7 Å². The van der Waals surface area contributed by atoms with Crippen molar-refractivity contribution in [2.45, 2.75) is 38.4 Å². The largest absolute Gasteiger partial charge is 0.369 e. The summed E-state index contributed by atoms with van der Waals surface area (Å²) < 4.78 is 0. The Morgan fingerprint density at radius 3 is 2.81 bits per heavy atom. The number of primary amides is 1. The van der Waals surface area contributed by atoms with Crippen molar-refractivity contribution in [1.82, 2.24) is 20.4 Å². The highest BCUT2D eigenvalue weighted by molar-refractivity contribution is 6.05. The highest BCUT2D eigenvalue weighted by Crippen LogP contribution is 2.41. The van der Waals surface area contributed by atoms with Crippen LogP contribution < -0.4 is 16.4 Å². The molecule has 4 amide bonds. The molecule has 3 fully saturated rings. The lowest BCUT2D eigenvalue weighted by Crippen LogP contribution is -2.54. The Hall–Kier alpha value is -2.78. The van der Waals surface area contributed by atoms with E-state index in [0.29, 0.717) is 38.2 Å². The average molecular weight is 425 g/mol. The van der Waals surface area contributed by atoms with Gasteiger partial charge in [0.05, 0.1) is 5.41 Å². The Balaban J connectivity index is 1.36. The summed E-state index contributed by atoms with van der Waals surface area (Å²) in [5, 5.41) is 5.66. The number of carbonyl (C=O) groups is 4. The molecule has 9 nitrogen and oxygen atoms in total. The molecule has 0 saturated carbocycles. The van der Waals surface area contributed by atoms with Gasteiger partial charge in [-0.2, -0.15) is 0 Å². The summed E-state index contributed by atoms with van der Waals surface area (Å²) in [6.07, 6.45) is 1.51. The van der Waals surface area contributed by atoms with Gasteiger partial charge >= 0.3 is 0 Å². The monoisotopic (exact) mass is 425 g/mol. The SMILES string of the molecule is NC(=O)C12CNCCC1CN(Cc1cccc3c1CN(C1CCC(=O)NC1=O)C3=O)C2. The van der Waals surface area contributed by atoms with E-state index in [9.17, 15) is 19.2 Å². The highest BCUT2D eigenvalue weighted by atomic mass is 16.2. The Labute approximate surface area is 180 Å². The van der Waals surface area contributed by atoms with Gasteiger partial charge in [-0.15, -0.1) is 0 Å².